The molecule has 0 aliphatic carbocycles. The molecule has 0 fully saturated rings. The third kappa shape index (κ3) is 15.7. The number of benzene rings is 4. The first-order valence-electron chi connectivity index (χ1n) is 22.3. The SMILES string of the molecule is CCCC[C@H](Oc1ccc(CCC(=O)O)cc1C)c1cccc(-c2ccc(C(F)(F)F)cc2)n1.CCCC[C@H](Oc1ccc(CCC(=O)O)cc1F)c1cccc(-c2ccc(C(F)(F)F)cc2)n1. The first-order valence-corrected chi connectivity index (χ1v) is 22.3. The van der Waals surface area contributed by atoms with Gasteiger partial charge in [-0.1, -0.05) is 81.3 Å². The first kappa shape index (κ1) is 52.2. The molecule has 0 radical (unpaired) electrons. The standard InChI is InChI=1S/C27H28F3NO3.C26H25F4NO3/c1-3-4-8-25(34-24-15-9-19(17-18(24)2)10-16-26(32)33)23-7-5-6-22(31-23)20-11-13-21(14-12-20)27(28,29)30;1-2-3-7-24(34-23-14-8-17(16-20(23)27)9-15-25(32)33)22-6-4-5-21(31-22)18-10-12-19(13-11-18)26(28,29)30/h5-7,9,11-15,17,25H,3-4,8,10,16H2,1-2H3,(H,32,33);4-6,8,10-14,16,24H,2-3,7,9,15H2,1H3,(H,32,33)/t25-;24-/m00/s1. The second-order valence-electron chi connectivity index (χ2n) is 16.2. The third-order valence-electron chi connectivity index (χ3n) is 10.9. The van der Waals surface area contributed by atoms with Crippen molar-refractivity contribution in [1.29, 1.82) is 0 Å². The summed E-state index contributed by atoms with van der Waals surface area (Å²) >= 11 is 0. The summed E-state index contributed by atoms with van der Waals surface area (Å²) in [6, 6.07) is 30.4. The number of pyridine rings is 2. The summed E-state index contributed by atoms with van der Waals surface area (Å²) in [6.07, 6.45) is -4.16. The number of aliphatic carboxylic acids is 2. The number of halogens is 7. The van der Waals surface area contributed by atoms with Crippen LogP contribution in [0.15, 0.2) is 121 Å². The zero-order valence-electron chi connectivity index (χ0n) is 37.8. The molecule has 0 unspecified atom stereocenters. The number of nitrogens with zero attached hydrogens (tertiary/aromatic N) is 2. The van der Waals surface area contributed by atoms with E-state index < -0.39 is 47.3 Å². The van der Waals surface area contributed by atoms with Crippen LogP contribution in [0.5, 0.6) is 11.5 Å². The average molecular weight is 947 g/mol. The summed E-state index contributed by atoms with van der Waals surface area (Å²) in [5.74, 6) is -1.66. The van der Waals surface area contributed by atoms with Gasteiger partial charge in [0.05, 0.1) is 33.9 Å². The largest absolute Gasteiger partial charge is 0.484 e. The van der Waals surface area contributed by atoms with E-state index in [-0.39, 0.29) is 31.1 Å². The van der Waals surface area contributed by atoms with E-state index in [1.54, 1.807) is 30.3 Å². The molecule has 2 atom stereocenters. The number of rotatable bonds is 20. The summed E-state index contributed by atoms with van der Waals surface area (Å²) in [7, 11) is 0. The fourth-order valence-electron chi connectivity index (χ4n) is 7.16. The number of carbonyl (C=O) groups is 2. The fraction of sp³-hybridized carbons (Fsp3) is 0.321. The number of unbranched alkanes of at least 4 members (excludes halogenated alkanes) is 2. The van der Waals surface area contributed by atoms with E-state index >= 15 is 0 Å². The number of hydrogen-bond acceptors (Lipinski definition) is 6. The molecule has 0 aliphatic rings. The summed E-state index contributed by atoms with van der Waals surface area (Å²) in [5.41, 5.74) is 4.40. The Hall–Kier alpha value is -6.77. The molecule has 0 amide bonds. The Kier molecular flexibility index (Phi) is 18.7. The van der Waals surface area contributed by atoms with Crippen LogP contribution in [-0.4, -0.2) is 32.1 Å². The topological polar surface area (TPSA) is 119 Å². The maximum Gasteiger partial charge on any atom is 0.416 e. The normalized spacial score (nSPS) is 12.4. The Morgan fingerprint density at radius 1 is 0.574 bits per heavy atom. The van der Waals surface area contributed by atoms with Gasteiger partial charge >= 0.3 is 24.3 Å². The minimum atomic E-state index is -4.42. The van der Waals surface area contributed by atoms with Crippen LogP contribution >= 0.6 is 0 Å². The number of carboxylic acids is 2. The number of alkyl halides is 6. The Bertz CT molecular complexity index is 2400. The highest BCUT2D eigenvalue weighted by atomic mass is 19.4. The third-order valence-corrected chi connectivity index (χ3v) is 10.9. The lowest BCUT2D eigenvalue weighted by Gasteiger charge is -2.21. The highest BCUT2D eigenvalue weighted by Crippen LogP contribution is 2.35. The van der Waals surface area contributed by atoms with Crippen molar-refractivity contribution in [3.05, 3.63) is 166 Å². The van der Waals surface area contributed by atoms with E-state index in [1.165, 1.54) is 36.4 Å². The van der Waals surface area contributed by atoms with Crippen LogP contribution in [0.2, 0.25) is 0 Å². The summed E-state index contributed by atoms with van der Waals surface area (Å²) in [4.78, 5) is 30.9. The van der Waals surface area contributed by atoms with E-state index in [0.717, 1.165) is 67.5 Å². The molecule has 2 N–H and O–H groups in total. The maximum atomic E-state index is 14.7. The smallest absolute Gasteiger partial charge is 0.416 e. The summed E-state index contributed by atoms with van der Waals surface area (Å²) in [6.45, 7) is 6.02. The van der Waals surface area contributed by atoms with Crippen molar-refractivity contribution in [2.75, 3.05) is 0 Å². The van der Waals surface area contributed by atoms with E-state index in [0.29, 0.717) is 58.1 Å². The van der Waals surface area contributed by atoms with Crippen molar-refractivity contribution < 1.29 is 60.0 Å². The van der Waals surface area contributed by atoms with Crippen molar-refractivity contribution in [2.45, 2.75) is 110 Å². The van der Waals surface area contributed by atoms with E-state index in [2.05, 4.69) is 11.9 Å². The van der Waals surface area contributed by atoms with Crippen LogP contribution in [-0.2, 0) is 34.8 Å². The maximum absolute atomic E-state index is 14.7. The molecule has 15 heteroatoms. The second kappa shape index (κ2) is 24.3. The number of aromatic nitrogens is 2. The lowest BCUT2D eigenvalue weighted by atomic mass is 10.0. The Labute approximate surface area is 390 Å². The average Bonchev–Trinajstić information content (AvgIpc) is 3.31. The lowest BCUT2D eigenvalue weighted by molar-refractivity contribution is -0.138. The van der Waals surface area contributed by atoms with Crippen LogP contribution in [0.1, 0.15) is 117 Å². The molecule has 6 aromatic rings. The Morgan fingerprint density at radius 2 is 0.985 bits per heavy atom. The van der Waals surface area contributed by atoms with E-state index in [4.69, 9.17) is 24.7 Å². The predicted molar refractivity (Wildman–Crippen MR) is 245 cm³/mol. The molecule has 68 heavy (non-hydrogen) atoms. The van der Waals surface area contributed by atoms with Crippen molar-refractivity contribution in [2.24, 2.45) is 0 Å². The van der Waals surface area contributed by atoms with Crippen LogP contribution < -0.4 is 9.47 Å². The molecular weight excluding hydrogens is 894 g/mol. The number of ether oxygens (including phenoxy) is 2. The molecule has 0 aliphatic heterocycles. The molecule has 6 rings (SSSR count). The molecule has 0 spiro atoms. The van der Waals surface area contributed by atoms with E-state index in [1.807, 2.05) is 44.2 Å². The number of hydrogen-bond donors (Lipinski definition) is 2. The van der Waals surface area contributed by atoms with Gasteiger partial charge in [-0.2, -0.15) is 26.3 Å². The quantitative estimate of drug-likeness (QED) is 0.0727. The van der Waals surface area contributed by atoms with Gasteiger partial charge in [0.2, 0.25) is 0 Å². The molecule has 2 aromatic heterocycles. The molecule has 4 aromatic carbocycles. The van der Waals surface area contributed by atoms with Gasteiger partial charge in [-0.25, -0.2) is 14.4 Å². The van der Waals surface area contributed by atoms with Gasteiger partial charge in [-0.3, -0.25) is 9.59 Å². The van der Waals surface area contributed by atoms with Crippen LogP contribution in [0, 0.1) is 12.7 Å². The molecule has 2 heterocycles. The molecule has 8 nitrogen and oxygen atoms in total. The van der Waals surface area contributed by atoms with Crippen molar-refractivity contribution in [3.8, 4) is 34.0 Å². The lowest BCUT2D eigenvalue weighted by Crippen LogP contribution is -2.11. The monoisotopic (exact) mass is 946 g/mol. The summed E-state index contributed by atoms with van der Waals surface area (Å²) < 4.78 is 104. The predicted octanol–water partition coefficient (Wildman–Crippen LogP) is 14.6. The fourth-order valence-corrected chi connectivity index (χ4v) is 7.16. The van der Waals surface area contributed by atoms with Gasteiger partial charge in [-0.05, 0) is 129 Å². The molecule has 0 saturated heterocycles. The van der Waals surface area contributed by atoms with Crippen molar-refractivity contribution in [1.82, 2.24) is 9.97 Å². The first-order chi connectivity index (χ1) is 32.3. The molecule has 360 valence electrons. The van der Waals surface area contributed by atoms with Crippen molar-refractivity contribution >= 4 is 11.9 Å². The van der Waals surface area contributed by atoms with Gasteiger partial charge in [0.15, 0.2) is 11.6 Å². The highest BCUT2D eigenvalue weighted by molar-refractivity contribution is 5.67. The van der Waals surface area contributed by atoms with Crippen LogP contribution in [0.4, 0.5) is 30.7 Å². The Balaban J connectivity index is 0.000000254. The molecule has 0 saturated carbocycles. The zero-order valence-corrected chi connectivity index (χ0v) is 37.8. The summed E-state index contributed by atoms with van der Waals surface area (Å²) in [5, 5.41) is 17.7. The van der Waals surface area contributed by atoms with Gasteiger partial charge in [0.25, 0.3) is 0 Å². The van der Waals surface area contributed by atoms with Crippen molar-refractivity contribution in [3.63, 3.8) is 0 Å². The highest BCUT2D eigenvalue weighted by Gasteiger charge is 2.31. The molecular formula is C53H53F7N2O6. The Morgan fingerprint density at radius 3 is 1.37 bits per heavy atom. The minimum absolute atomic E-state index is 0.0295. The van der Waals surface area contributed by atoms with E-state index in [9.17, 15) is 40.3 Å². The van der Waals surface area contributed by atoms with Gasteiger partial charge in [-0.15, -0.1) is 0 Å². The molecule has 0 bridgehead atoms. The zero-order chi connectivity index (χ0) is 49.4. The van der Waals surface area contributed by atoms with Crippen LogP contribution in [0.3, 0.4) is 0 Å². The minimum Gasteiger partial charge on any atom is -0.484 e. The van der Waals surface area contributed by atoms with Crippen LogP contribution in [0.25, 0.3) is 22.5 Å². The number of aryl methyl sites for hydroxylation is 3. The van der Waals surface area contributed by atoms with Gasteiger partial charge < -0.3 is 19.7 Å². The number of carboxylic acid groups (broad SMARTS) is 2. The van der Waals surface area contributed by atoms with Gasteiger partial charge in [0, 0.05) is 24.0 Å². The second-order valence-corrected chi connectivity index (χ2v) is 16.2. The van der Waals surface area contributed by atoms with Gasteiger partial charge in [0.1, 0.15) is 18.0 Å².